The second kappa shape index (κ2) is 5.60. The van der Waals surface area contributed by atoms with E-state index in [0.717, 1.165) is 23.6 Å². The van der Waals surface area contributed by atoms with Crippen LogP contribution in [-0.4, -0.2) is 6.61 Å². The van der Waals surface area contributed by atoms with E-state index in [1.54, 1.807) is 0 Å². The Bertz CT molecular complexity index is 223. The molecule has 0 aliphatic carbocycles. The SMILES string of the molecule is [C]N(OCCCC)c1ccccc1. The molecule has 0 atom stereocenters. The zero-order valence-corrected chi connectivity index (χ0v) is 7.86. The Morgan fingerprint density at radius 1 is 1.31 bits per heavy atom. The van der Waals surface area contributed by atoms with Crippen LogP contribution in [0.15, 0.2) is 30.3 Å². The van der Waals surface area contributed by atoms with Gasteiger partial charge in [0.25, 0.3) is 0 Å². The molecule has 0 saturated heterocycles. The highest BCUT2D eigenvalue weighted by Crippen LogP contribution is 2.12. The topological polar surface area (TPSA) is 12.5 Å². The van der Waals surface area contributed by atoms with E-state index in [-0.39, 0.29) is 0 Å². The third-order valence-electron chi connectivity index (χ3n) is 1.71. The first-order chi connectivity index (χ1) is 6.34. The lowest BCUT2D eigenvalue weighted by Gasteiger charge is -2.16. The Hall–Kier alpha value is -1.02. The monoisotopic (exact) mass is 176 g/mol. The highest BCUT2D eigenvalue weighted by atomic mass is 16.7. The Balaban J connectivity index is 2.35. The van der Waals surface area contributed by atoms with Gasteiger partial charge in [-0.2, -0.15) is 0 Å². The van der Waals surface area contributed by atoms with Gasteiger partial charge >= 0.3 is 0 Å². The van der Waals surface area contributed by atoms with Gasteiger partial charge in [0.15, 0.2) is 7.05 Å². The fourth-order valence-electron chi connectivity index (χ4n) is 0.938. The number of unbranched alkanes of at least 4 members (excludes halogenated alkanes) is 1. The molecule has 0 aromatic heterocycles. The van der Waals surface area contributed by atoms with Crippen molar-refractivity contribution in [2.45, 2.75) is 19.8 Å². The minimum Gasteiger partial charge on any atom is -0.273 e. The van der Waals surface area contributed by atoms with Crippen LogP contribution in [-0.2, 0) is 4.84 Å². The van der Waals surface area contributed by atoms with Crippen LogP contribution in [0, 0.1) is 7.05 Å². The molecular weight excluding hydrogens is 162 g/mol. The molecule has 3 radical (unpaired) electrons. The molecule has 69 valence electrons. The largest absolute Gasteiger partial charge is 0.273 e. The van der Waals surface area contributed by atoms with E-state index in [0.29, 0.717) is 6.61 Å². The fraction of sp³-hybridized carbons (Fsp3) is 0.364. The number of anilines is 1. The summed E-state index contributed by atoms with van der Waals surface area (Å²) < 4.78 is 0. The van der Waals surface area contributed by atoms with Gasteiger partial charge in [0.1, 0.15) is 0 Å². The van der Waals surface area contributed by atoms with E-state index in [1.165, 1.54) is 0 Å². The molecule has 2 heteroatoms. The molecule has 1 aromatic rings. The van der Waals surface area contributed by atoms with E-state index in [2.05, 4.69) is 6.92 Å². The lowest BCUT2D eigenvalue weighted by atomic mass is 10.3. The van der Waals surface area contributed by atoms with Crippen molar-refractivity contribution in [2.75, 3.05) is 11.7 Å². The Labute approximate surface area is 80.1 Å². The number of rotatable bonds is 5. The summed E-state index contributed by atoms with van der Waals surface area (Å²) in [5.74, 6) is 0. The zero-order chi connectivity index (χ0) is 9.52. The molecule has 0 N–H and O–H groups in total. The molecule has 1 rings (SSSR count). The van der Waals surface area contributed by atoms with Gasteiger partial charge in [0, 0.05) is 0 Å². The summed E-state index contributed by atoms with van der Waals surface area (Å²) in [6.45, 7) is 2.70. The number of nitrogens with zero attached hydrogens (tertiary/aromatic N) is 1. The third kappa shape index (κ3) is 3.47. The van der Waals surface area contributed by atoms with Crippen LogP contribution in [0.2, 0.25) is 0 Å². The molecule has 0 aliphatic heterocycles. The molecular formula is C11H14NO. The normalized spacial score (nSPS) is 10.0. The van der Waals surface area contributed by atoms with Crippen molar-refractivity contribution in [3.63, 3.8) is 0 Å². The summed E-state index contributed by atoms with van der Waals surface area (Å²) in [6.07, 6.45) is 2.07. The first-order valence-corrected chi connectivity index (χ1v) is 4.54. The first-order valence-electron chi connectivity index (χ1n) is 4.54. The third-order valence-corrected chi connectivity index (χ3v) is 1.71. The second-order valence-corrected chi connectivity index (χ2v) is 2.82. The van der Waals surface area contributed by atoms with Crippen LogP contribution in [0.3, 0.4) is 0 Å². The number of hydroxylamine groups is 1. The van der Waals surface area contributed by atoms with Gasteiger partial charge in [0.2, 0.25) is 0 Å². The van der Waals surface area contributed by atoms with Crippen LogP contribution < -0.4 is 5.06 Å². The van der Waals surface area contributed by atoms with Gasteiger partial charge in [-0.3, -0.25) is 4.84 Å². The molecule has 0 aliphatic rings. The standard InChI is InChI=1S/C11H14NO/c1-3-4-10-13-12(2)11-8-6-5-7-9-11/h5-9H,3-4,10H2,1H3. The maximum Gasteiger partial charge on any atom is 0.159 e. The first kappa shape index (κ1) is 10.1. The number of hydrogen-bond donors (Lipinski definition) is 0. The lowest BCUT2D eigenvalue weighted by molar-refractivity contribution is 0.128. The molecule has 0 fully saturated rings. The summed E-state index contributed by atoms with van der Waals surface area (Å²) in [6, 6.07) is 9.39. The molecule has 0 heterocycles. The molecule has 0 bridgehead atoms. The minimum absolute atomic E-state index is 0.606. The zero-order valence-electron chi connectivity index (χ0n) is 7.86. The predicted octanol–water partition coefficient (Wildman–Crippen LogP) is 2.77. The maximum atomic E-state index is 7.50. The summed E-state index contributed by atoms with van der Waals surface area (Å²) >= 11 is 0. The van der Waals surface area contributed by atoms with Crippen LogP contribution in [0.5, 0.6) is 0 Å². The van der Waals surface area contributed by atoms with Gasteiger partial charge in [-0.05, 0) is 18.6 Å². The number of hydrogen-bond acceptors (Lipinski definition) is 2. The van der Waals surface area contributed by atoms with Gasteiger partial charge < -0.3 is 0 Å². The number of para-hydroxylation sites is 1. The smallest absolute Gasteiger partial charge is 0.159 e. The molecule has 1 aromatic carbocycles. The van der Waals surface area contributed by atoms with E-state index >= 15 is 0 Å². The highest BCUT2D eigenvalue weighted by molar-refractivity contribution is 5.43. The molecule has 0 saturated carbocycles. The second-order valence-electron chi connectivity index (χ2n) is 2.82. The molecule has 13 heavy (non-hydrogen) atoms. The minimum atomic E-state index is 0.606. The lowest BCUT2D eigenvalue weighted by Crippen LogP contribution is -2.15. The Morgan fingerprint density at radius 2 is 2.00 bits per heavy atom. The van der Waals surface area contributed by atoms with Gasteiger partial charge in [-0.25, -0.2) is 5.06 Å². The van der Waals surface area contributed by atoms with Crippen LogP contribution in [0.25, 0.3) is 0 Å². The average Bonchev–Trinajstić information content (AvgIpc) is 2.19. The van der Waals surface area contributed by atoms with Crippen molar-refractivity contribution >= 4 is 5.69 Å². The van der Waals surface area contributed by atoms with Crippen LogP contribution in [0.4, 0.5) is 5.69 Å². The summed E-state index contributed by atoms with van der Waals surface area (Å²) in [5, 5.41) is 1.07. The maximum absolute atomic E-state index is 7.50. The van der Waals surface area contributed by atoms with Crippen molar-refractivity contribution in [1.82, 2.24) is 0 Å². The Kier molecular flexibility index (Phi) is 4.33. The van der Waals surface area contributed by atoms with Crippen LogP contribution >= 0.6 is 0 Å². The van der Waals surface area contributed by atoms with Gasteiger partial charge in [0.05, 0.1) is 12.3 Å². The average molecular weight is 176 g/mol. The van der Waals surface area contributed by atoms with E-state index in [9.17, 15) is 0 Å². The molecule has 0 spiro atoms. The molecule has 0 amide bonds. The Morgan fingerprint density at radius 3 is 2.62 bits per heavy atom. The molecule has 2 nitrogen and oxygen atoms in total. The van der Waals surface area contributed by atoms with Crippen molar-refractivity contribution in [2.24, 2.45) is 0 Å². The summed E-state index contributed by atoms with van der Waals surface area (Å²) in [7, 11) is 7.50. The van der Waals surface area contributed by atoms with Gasteiger partial charge in [-0.1, -0.05) is 31.5 Å². The van der Waals surface area contributed by atoms with Gasteiger partial charge in [-0.15, -0.1) is 0 Å². The van der Waals surface area contributed by atoms with E-state index in [4.69, 9.17) is 11.9 Å². The van der Waals surface area contributed by atoms with Crippen molar-refractivity contribution in [1.29, 1.82) is 0 Å². The van der Waals surface area contributed by atoms with Crippen molar-refractivity contribution in [3.8, 4) is 0 Å². The summed E-state index contributed by atoms with van der Waals surface area (Å²) in [5.41, 5.74) is 0.763. The fourth-order valence-corrected chi connectivity index (χ4v) is 0.938. The molecule has 0 unspecified atom stereocenters. The number of benzene rings is 1. The quantitative estimate of drug-likeness (QED) is 0.505. The highest BCUT2D eigenvalue weighted by Gasteiger charge is 1.99. The predicted molar refractivity (Wildman–Crippen MR) is 53.0 cm³/mol. The van der Waals surface area contributed by atoms with E-state index in [1.807, 2.05) is 30.3 Å². The van der Waals surface area contributed by atoms with Crippen molar-refractivity contribution < 1.29 is 4.84 Å². The van der Waals surface area contributed by atoms with E-state index < -0.39 is 0 Å². The van der Waals surface area contributed by atoms with Crippen LogP contribution in [0.1, 0.15) is 19.8 Å². The van der Waals surface area contributed by atoms with Crippen molar-refractivity contribution in [3.05, 3.63) is 37.4 Å². The summed E-state index contributed by atoms with van der Waals surface area (Å²) in [4.78, 5) is 5.17.